The van der Waals surface area contributed by atoms with Gasteiger partial charge in [0, 0.05) is 0 Å². The summed E-state index contributed by atoms with van der Waals surface area (Å²) in [6.45, 7) is 2.09. The summed E-state index contributed by atoms with van der Waals surface area (Å²) in [5, 5.41) is 0. The number of rotatable bonds is 0. The van der Waals surface area contributed by atoms with Crippen LogP contribution < -0.4 is 0 Å². The Balaban J connectivity index is 2.23. The van der Waals surface area contributed by atoms with Gasteiger partial charge in [0.1, 0.15) is 0 Å². The second-order valence-electron chi connectivity index (χ2n) is 4.10. The highest BCUT2D eigenvalue weighted by molar-refractivity contribution is 6.02. The highest BCUT2D eigenvalue weighted by atomic mass is 16.5. The van der Waals surface area contributed by atoms with Gasteiger partial charge >= 0.3 is 0 Å². The van der Waals surface area contributed by atoms with Crippen molar-refractivity contribution < 1.29 is 9.53 Å². The zero-order chi connectivity index (χ0) is 9.05. The summed E-state index contributed by atoms with van der Waals surface area (Å²) in [5.41, 5.74) is 2.04. The lowest BCUT2D eigenvalue weighted by atomic mass is 9.92. The van der Waals surface area contributed by atoms with E-state index in [1.54, 1.807) is 6.08 Å². The molecule has 0 aromatic heterocycles. The van der Waals surface area contributed by atoms with E-state index in [0.29, 0.717) is 0 Å². The third-order valence-corrected chi connectivity index (χ3v) is 3.49. The third kappa shape index (κ3) is 0.707. The largest absolute Gasteiger partial charge is 0.351 e. The lowest BCUT2D eigenvalue weighted by molar-refractivity contribution is -0.135. The average Bonchev–Trinajstić information content (AvgIpc) is 2.60. The molecule has 1 fully saturated rings. The maximum Gasteiger partial charge on any atom is 0.191 e. The summed E-state index contributed by atoms with van der Waals surface area (Å²) in [6, 6.07) is 0. The number of ketones is 1. The molecule has 2 bridgehead atoms. The molecule has 13 heavy (non-hydrogen) atoms. The number of hydrogen-bond acceptors (Lipinski definition) is 2. The van der Waals surface area contributed by atoms with Crippen LogP contribution in [-0.2, 0) is 9.53 Å². The minimum atomic E-state index is -0.510. The molecular formula is C11H12O2. The van der Waals surface area contributed by atoms with E-state index in [0.717, 1.165) is 19.3 Å². The normalized spacial score (nSPS) is 41.6. The van der Waals surface area contributed by atoms with Crippen LogP contribution in [0.3, 0.4) is 0 Å². The molecule has 0 aromatic carbocycles. The van der Waals surface area contributed by atoms with Gasteiger partial charge in [-0.15, -0.1) is 0 Å². The molecule has 0 radical (unpaired) electrons. The van der Waals surface area contributed by atoms with Crippen LogP contribution in [0.2, 0.25) is 0 Å². The maximum absolute atomic E-state index is 11.8. The molecule has 2 heteroatoms. The van der Waals surface area contributed by atoms with Gasteiger partial charge in [-0.2, -0.15) is 0 Å². The van der Waals surface area contributed by atoms with E-state index < -0.39 is 5.60 Å². The molecule has 3 aliphatic rings. The Hall–Kier alpha value is -0.890. The summed E-state index contributed by atoms with van der Waals surface area (Å²) in [5.74, 6) is 0.160. The van der Waals surface area contributed by atoms with E-state index in [4.69, 9.17) is 4.74 Å². The molecule has 3 rings (SSSR count). The average molecular weight is 176 g/mol. The van der Waals surface area contributed by atoms with E-state index in [9.17, 15) is 4.79 Å². The van der Waals surface area contributed by atoms with Crippen molar-refractivity contribution in [3.63, 3.8) is 0 Å². The molecular weight excluding hydrogens is 164 g/mol. The van der Waals surface area contributed by atoms with Crippen LogP contribution in [0.1, 0.15) is 26.2 Å². The molecule has 68 valence electrons. The van der Waals surface area contributed by atoms with Crippen LogP contribution in [0.4, 0.5) is 0 Å². The molecule has 1 spiro atoms. The van der Waals surface area contributed by atoms with E-state index in [-0.39, 0.29) is 11.9 Å². The van der Waals surface area contributed by atoms with Gasteiger partial charge in [-0.1, -0.05) is 0 Å². The fourth-order valence-corrected chi connectivity index (χ4v) is 2.81. The molecule has 2 atom stereocenters. The summed E-state index contributed by atoms with van der Waals surface area (Å²) in [7, 11) is 0. The smallest absolute Gasteiger partial charge is 0.191 e. The first-order chi connectivity index (χ1) is 6.24. The highest BCUT2D eigenvalue weighted by Gasteiger charge is 2.53. The highest BCUT2D eigenvalue weighted by Crippen LogP contribution is 2.49. The summed E-state index contributed by atoms with van der Waals surface area (Å²) >= 11 is 0. The van der Waals surface area contributed by atoms with Crippen molar-refractivity contribution in [3.8, 4) is 0 Å². The van der Waals surface area contributed by atoms with Crippen LogP contribution in [0.5, 0.6) is 0 Å². The molecule has 0 amide bonds. The number of carbonyl (C=O) groups excluding carboxylic acids is 1. The predicted molar refractivity (Wildman–Crippen MR) is 48.3 cm³/mol. The zero-order valence-corrected chi connectivity index (χ0v) is 7.67. The topological polar surface area (TPSA) is 26.3 Å². The van der Waals surface area contributed by atoms with Crippen molar-refractivity contribution in [2.75, 3.05) is 0 Å². The Morgan fingerprint density at radius 1 is 1.62 bits per heavy atom. The third-order valence-electron chi connectivity index (χ3n) is 3.49. The molecule has 0 N–H and O–H groups in total. The second kappa shape index (κ2) is 2.13. The molecule has 2 nitrogen and oxygen atoms in total. The van der Waals surface area contributed by atoms with Crippen LogP contribution in [0.15, 0.2) is 23.3 Å². The molecule has 0 saturated heterocycles. The molecule has 1 saturated carbocycles. The van der Waals surface area contributed by atoms with Gasteiger partial charge < -0.3 is 4.74 Å². The van der Waals surface area contributed by atoms with Crippen molar-refractivity contribution in [1.82, 2.24) is 0 Å². The van der Waals surface area contributed by atoms with Crippen LogP contribution >= 0.6 is 0 Å². The predicted octanol–water partition coefficient (Wildman–Crippen LogP) is 1.76. The maximum atomic E-state index is 11.8. The van der Waals surface area contributed by atoms with Gasteiger partial charge in [-0.3, -0.25) is 4.79 Å². The Bertz CT molecular complexity index is 351. The fourth-order valence-electron chi connectivity index (χ4n) is 2.81. The van der Waals surface area contributed by atoms with E-state index in [2.05, 4.69) is 6.92 Å². The van der Waals surface area contributed by atoms with Crippen molar-refractivity contribution in [1.29, 1.82) is 0 Å². The summed E-state index contributed by atoms with van der Waals surface area (Å²) in [6.07, 6.45) is 6.71. The fraction of sp³-hybridized carbons (Fsp3) is 0.545. The van der Waals surface area contributed by atoms with Crippen molar-refractivity contribution in [3.05, 3.63) is 23.3 Å². The standard InChI is InChI=1S/C11H12O2/c1-7-8-3-2-6-11(8)10(12)5-4-9(7)13-11/h4-5,9H,2-3,6H2,1H3. The van der Waals surface area contributed by atoms with Gasteiger partial charge in [-0.05, 0) is 49.5 Å². The number of fused-ring (bicyclic) bond motifs is 1. The summed E-state index contributed by atoms with van der Waals surface area (Å²) < 4.78 is 5.82. The monoisotopic (exact) mass is 176 g/mol. The second-order valence-corrected chi connectivity index (χ2v) is 4.10. The molecule has 0 aromatic rings. The Morgan fingerprint density at radius 3 is 3.31 bits per heavy atom. The molecule has 2 heterocycles. The van der Waals surface area contributed by atoms with E-state index in [1.807, 2.05) is 6.08 Å². The minimum Gasteiger partial charge on any atom is -0.351 e. The number of carbonyl (C=O) groups is 1. The Morgan fingerprint density at radius 2 is 2.46 bits per heavy atom. The Kier molecular flexibility index (Phi) is 1.23. The van der Waals surface area contributed by atoms with Crippen molar-refractivity contribution >= 4 is 5.78 Å². The van der Waals surface area contributed by atoms with E-state index in [1.165, 1.54) is 11.1 Å². The van der Waals surface area contributed by atoms with Crippen LogP contribution in [0.25, 0.3) is 0 Å². The SMILES string of the molecule is CC1=C2CCCC23OC1C=CC3=O. The molecule has 2 aliphatic heterocycles. The van der Waals surface area contributed by atoms with Crippen LogP contribution in [0, 0.1) is 0 Å². The van der Waals surface area contributed by atoms with Gasteiger partial charge in [0.2, 0.25) is 0 Å². The first-order valence-electron chi connectivity index (χ1n) is 4.85. The summed E-state index contributed by atoms with van der Waals surface area (Å²) in [4.78, 5) is 11.8. The lowest BCUT2D eigenvalue weighted by Gasteiger charge is -2.27. The van der Waals surface area contributed by atoms with Gasteiger partial charge in [0.05, 0.1) is 6.10 Å². The van der Waals surface area contributed by atoms with Gasteiger partial charge in [-0.25, -0.2) is 0 Å². The van der Waals surface area contributed by atoms with Gasteiger partial charge in [0.15, 0.2) is 11.4 Å². The molecule has 1 aliphatic carbocycles. The van der Waals surface area contributed by atoms with E-state index >= 15 is 0 Å². The Labute approximate surface area is 77.3 Å². The number of hydrogen-bond donors (Lipinski definition) is 0. The molecule has 2 unspecified atom stereocenters. The lowest BCUT2D eigenvalue weighted by Crippen LogP contribution is -2.40. The van der Waals surface area contributed by atoms with Crippen molar-refractivity contribution in [2.45, 2.75) is 37.9 Å². The first-order valence-corrected chi connectivity index (χ1v) is 4.85. The quantitative estimate of drug-likeness (QED) is 0.526. The van der Waals surface area contributed by atoms with Crippen molar-refractivity contribution in [2.24, 2.45) is 0 Å². The van der Waals surface area contributed by atoms with Crippen LogP contribution in [-0.4, -0.2) is 17.5 Å². The zero-order valence-electron chi connectivity index (χ0n) is 7.67. The van der Waals surface area contributed by atoms with Gasteiger partial charge in [0.25, 0.3) is 0 Å². The first kappa shape index (κ1) is 7.51. The minimum absolute atomic E-state index is 0.0907. The number of ether oxygens (including phenoxy) is 1.